The minimum atomic E-state index is -0.696. The zero-order valence-corrected chi connectivity index (χ0v) is 12.4. The van der Waals surface area contributed by atoms with Crippen LogP contribution >= 0.6 is 11.6 Å². The molecule has 0 atom stereocenters. The van der Waals surface area contributed by atoms with Crippen molar-refractivity contribution in [3.8, 4) is 0 Å². The molecule has 114 valence electrons. The van der Waals surface area contributed by atoms with Gasteiger partial charge >= 0.3 is 0 Å². The van der Waals surface area contributed by atoms with E-state index in [1.54, 1.807) is 18.2 Å². The van der Waals surface area contributed by atoms with E-state index in [4.69, 9.17) is 11.6 Å². The van der Waals surface area contributed by atoms with Gasteiger partial charge in [-0.1, -0.05) is 35.9 Å². The first kappa shape index (κ1) is 16.0. The number of hydrogen-bond donors (Lipinski definition) is 2. The molecule has 0 aromatic heterocycles. The van der Waals surface area contributed by atoms with E-state index in [2.05, 4.69) is 10.9 Å². The van der Waals surface area contributed by atoms with Gasteiger partial charge in [0.2, 0.25) is 5.91 Å². The maximum absolute atomic E-state index is 13.4. The molecule has 6 heteroatoms. The van der Waals surface area contributed by atoms with Crippen molar-refractivity contribution in [2.75, 3.05) is 0 Å². The molecule has 0 saturated carbocycles. The molecule has 0 heterocycles. The molecule has 2 aromatic rings. The molecule has 2 N–H and O–H groups in total. The minimum absolute atomic E-state index is 0.125. The third kappa shape index (κ3) is 4.56. The second-order valence-corrected chi connectivity index (χ2v) is 5.05. The molecule has 0 spiro atoms. The predicted molar refractivity (Wildman–Crippen MR) is 81.8 cm³/mol. The number of hydrogen-bond acceptors (Lipinski definition) is 2. The van der Waals surface area contributed by atoms with Crippen molar-refractivity contribution in [3.63, 3.8) is 0 Å². The Morgan fingerprint density at radius 3 is 2.36 bits per heavy atom. The zero-order chi connectivity index (χ0) is 15.9. The van der Waals surface area contributed by atoms with E-state index < -0.39 is 11.7 Å². The van der Waals surface area contributed by atoms with Gasteiger partial charge in [-0.3, -0.25) is 20.4 Å². The Labute approximate surface area is 132 Å². The van der Waals surface area contributed by atoms with Crippen LogP contribution in [-0.2, 0) is 11.2 Å². The Hall–Kier alpha value is -2.40. The number of halogens is 2. The molecule has 0 bridgehead atoms. The molecule has 0 aliphatic carbocycles. The van der Waals surface area contributed by atoms with Gasteiger partial charge in [0.05, 0.1) is 5.56 Å². The quantitative estimate of drug-likeness (QED) is 0.851. The number of carbonyl (C=O) groups excluding carboxylic acids is 2. The Bertz CT molecular complexity index is 674. The number of carbonyl (C=O) groups is 2. The summed E-state index contributed by atoms with van der Waals surface area (Å²) in [6.45, 7) is 0. The van der Waals surface area contributed by atoms with Crippen molar-refractivity contribution in [2.45, 2.75) is 12.8 Å². The summed E-state index contributed by atoms with van der Waals surface area (Å²) in [5.74, 6) is -1.70. The van der Waals surface area contributed by atoms with Crippen molar-refractivity contribution in [2.24, 2.45) is 0 Å². The molecule has 0 saturated heterocycles. The number of nitrogens with one attached hydrogen (secondary N) is 2. The highest BCUT2D eigenvalue weighted by Gasteiger charge is 2.11. The van der Waals surface area contributed by atoms with E-state index in [9.17, 15) is 14.0 Å². The predicted octanol–water partition coefficient (Wildman–Crippen LogP) is 2.87. The van der Waals surface area contributed by atoms with Gasteiger partial charge in [-0.05, 0) is 36.2 Å². The van der Waals surface area contributed by atoms with Crippen LogP contribution in [0, 0.1) is 5.82 Å². The lowest BCUT2D eigenvalue weighted by Gasteiger charge is -2.08. The first-order chi connectivity index (χ1) is 10.6. The van der Waals surface area contributed by atoms with Crippen molar-refractivity contribution in [1.29, 1.82) is 0 Å². The smallest absolute Gasteiger partial charge is 0.272 e. The first-order valence-corrected chi connectivity index (χ1v) is 7.02. The third-order valence-electron chi connectivity index (χ3n) is 2.99. The summed E-state index contributed by atoms with van der Waals surface area (Å²) in [6.07, 6.45) is 0.706. The molecule has 22 heavy (non-hydrogen) atoms. The fourth-order valence-electron chi connectivity index (χ4n) is 1.81. The summed E-state index contributed by atoms with van der Waals surface area (Å²) < 4.78 is 13.4. The van der Waals surface area contributed by atoms with Crippen LogP contribution in [0.3, 0.4) is 0 Å². The van der Waals surface area contributed by atoms with Crippen LogP contribution in [0.15, 0.2) is 48.5 Å². The molecule has 0 fully saturated rings. The zero-order valence-electron chi connectivity index (χ0n) is 11.6. The Morgan fingerprint density at radius 1 is 1.00 bits per heavy atom. The van der Waals surface area contributed by atoms with Gasteiger partial charge in [0.1, 0.15) is 5.82 Å². The van der Waals surface area contributed by atoms with Gasteiger partial charge in [-0.2, -0.15) is 0 Å². The van der Waals surface area contributed by atoms with E-state index in [0.29, 0.717) is 11.4 Å². The minimum Gasteiger partial charge on any atom is -0.273 e. The Kier molecular flexibility index (Phi) is 5.49. The SMILES string of the molecule is O=C(CCc1ccc(Cl)cc1)NNC(=O)c1ccccc1F. The molecule has 2 amide bonds. The van der Waals surface area contributed by atoms with Gasteiger partial charge in [-0.15, -0.1) is 0 Å². The van der Waals surface area contributed by atoms with E-state index >= 15 is 0 Å². The Morgan fingerprint density at radius 2 is 1.68 bits per heavy atom. The molecule has 0 aliphatic heterocycles. The lowest BCUT2D eigenvalue weighted by atomic mass is 10.1. The third-order valence-corrected chi connectivity index (χ3v) is 3.24. The van der Waals surface area contributed by atoms with Gasteiger partial charge in [-0.25, -0.2) is 4.39 Å². The van der Waals surface area contributed by atoms with Crippen molar-refractivity contribution >= 4 is 23.4 Å². The summed E-state index contributed by atoms with van der Waals surface area (Å²) in [5, 5.41) is 0.630. The van der Waals surface area contributed by atoms with Gasteiger partial charge in [0.15, 0.2) is 0 Å². The molecular formula is C16H14ClFN2O2. The fourth-order valence-corrected chi connectivity index (χ4v) is 1.94. The second-order valence-electron chi connectivity index (χ2n) is 4.61. The molecule has 0 radical (unpaired) electrons. The fraction of sp³-hybridized carbons (Fsp3) is 0.125. The molecular weight excluding hydrogens is 307 g/mol. The van der Waals surface area contributed by atoms with Gasteiger partial charge in [0, 0.05) is 11.4 Å². The second kappa shape index (κ2) is 7.56. The first-order valence-electron chi connectivity index (χ1n) is 6.64. The summed E-state index contributed by atoms with van der Waals surface area (Å²) in [4.78, 5) is 23.4. The van der Waals surface area contributed by atoms with Gasteiger partial charge in [0.25, 0.3) is 5.91 Å². The molecule has 0 unspecified atom stereocenters. The largest absolute Gasteiger partial charge is 0.273 e. The number of amides is 2. The normalized spacial score (nSPS) is 10.1. The number of rotatable bonds is 4. The van der Waals surface area contributed by atoms with Crippen molar-refractivity contribution in [3.05, 3.63) is 70.5 Å². The lowest BCUT2D eigenvalue weighted by Crippen LogP contribution is -2.42. The lowest BCUT2D eigenvalue weighted by molar-refractivity contribution is -0.121. The van der Waals surface area contributed by atoms with Crippen LogP contribution in [0.1, 0.15) is 22.3 Å². The van der Waals surface area contributed by atoms with E-state index in [1.807, 2.05) is 12.1 Å². The average molecular weight is 321 g/mol. The molecule has 0 aliphatic rings. The van der Waals surface area contributed by atoms with Crippen LogP contribution in [0.2, 0.25) is 5.02 Å². The standard InChI is InChI=1S/C16H14ClFN2O2/c17-12-8-5-11(6-9-12)7-10-15(21)19-20-16(22)13-3-1-2-4-14(13)18/h1-6,8-9H,7,10H2,(H,19,21)(H,20,22). The van der Waals surface area contributed by atoms with Crippen molar-refractivity contribution in [1.82, 2.24) is 10.9 Å². The van der Waals surface area contributed by atoms with Crippen LogP contribution < -0.4 is 10.9 Å². The van der Waals surface area contributed by atoms with E-state index in [0.717, 1.165) is 5.56 Å². The van der Waals surface area contributed by atoms with Crippen LogP contribution in [0.4, 0.5) is 4.39 Å². The van der Waals surface area contributed by atoms with Crippen LogP contribution in [0.25, 0.3) is 0 Å². The monoisotopic (exact) mass is 320 g/mol. The number of aryl methyl sites for hydroxylation is 1. The average Bonchev–Trinajstić information content (AvgIpc) is 2.52. The summed E-state index contributed by atoms with van der Waals surface area (Å²) in [7, 11) is 0. The summed E-state index contributed by atoms with van der Waals surface area (Å²) in [5.41, 5.74) is 5.28. The van der Waals surface area contributed by atoms with Gasteiger partial charge < -0.3 is 0 Å². The van der Waals surface area contributed by atoms with E-state index in [1.165, 1.54) is 18.2 Å². The summed E-state index contributed by atoms with van der Waals surface area (Å²) in [6, 6.07) is 12.7. The highest BCUT2D eigenvalue weighted by atomic mass is 35.5. The molecule has 4 nitrogen and oxygen atoms in total. The van der Waals surface area contributed by atoms with Crippen molar-refractivity contribution < 1.29 is 14.0 Å². The number of benzene rings is 2. The number of hydrazine groups is 1. The highest BCUT2D eigenvalue weighted by molar-refractivity contribution is 6.30. The highest BCUT2D eigenvalue weighted by Crippen LogP contribution is 2.10. The Balaban J connectivity index is 1.79. The topological polar surface area (TPSA) is 58.2 Å². The molecule has 2 aromatic carbocycles. The summed E-state index contributed by atoms with van der Waals surface area (Å²) >= 11 is 5.77. The van der Waals surface area contributed by atoms with E-state index in [-0.39, 0.29) is 17.9 Å². The van der Waals surface area contributed by atoms with Crippen LogP contribution in [0.5, 0.6) is 0 Å². The maximum atomic E-state index is 13.4. The maximum Gasteiger partial charge on any atom is 0.272 e. The molecule has 2 rings (SSSR count). The van der Waals surface area contributed by atoms with Crippen LogP contribution in [-0.4, -0.2) is 11.8 Å².